The highest BCUT2D eigenvalue weighted by molar-refractivity contribution is 7.05. The van der Waals surface area contributed by atoms with Crippen LogP contribution in [0.4, 0.5) is 5.69 Å². The molecule has 0 aromatic carbocycles. The number of aryl methyl sites for hydroxylation is 1. The lowest BCUT2D eigenvalue weighted by molar-refractivity contribution is 1.14. The van der Waals surface area contributed by atoms with Crippen LogP contribution in [-0.2, 0) is 0 Å². The van der Waals surface area contributed by atoms with Gasteiger partial charge in [0, 0.05) is 0 Å². The number of anilines is 1. The molecule has 6 heteroatoms. The molecule has 13 heavy (non-hydrogen) atoms. The number of nitrogen functional groups attached to an aromatic ring is 1. The van der Waals surface area contributed by atoms with E-state index in [-0.39, 0.29) is 0 Å². The highest BCUT2D eigenvalue weighted by Gasteiger charge is 2.08. The summed E-state index contributed by atoms with van der Waals surface area (Å²) in [5.41, 5.74) is 6.76. The van der Waals surface area contributed by atoms with Crippen LogP contribution >= 0.6 is 11.5 Å². The van der Waals surface area contributed by atoms with E-state index in [0.717, 1.165) is 5.01 Å². The maximum absolute atomic E-state index is 5.66. The van der Waals surface area contributed by atoms with Gasteiger partial charge in [0.05, 0.1) is 11.9 Å². The van der Waals surface area contributed by atoms with E-state index in [9.17, 15) is 0 Å². The van der Waals surface area contributed by atoms with Gasteiger partial charge in [-0.1, -0.05) is 0 Å². The molecule has 2 aromatic rings. The number of aromatic nitrogens is 4. The summed E-state index contributed by atoms with van der Waals surface area (Å²) in [6.07, 6.45) is 2.97. The third kappa shape index (κ3) is 1.48. The Hall–Kier alpha value is -1.56. The first-order valence-electron chi connectivity index (χ1n) is 3.63. The van der Waals surface area contributed by atoms with Crippen molar-refractivity contribution in [1.82, 2.24) is 19.3 Å². The molecule has 0 aliphatic heterocycles. The van der Waals surface area contributed by atoms with Crippen LogP contribution in [0.2, 0.25) is 0 Å². The second kappa shape index (κ2) is 3.06. The molecule has 0 saturated carbocycles. The first kappa shape index (κ1) is 8.06. The Morgan fingerprint density at radius 2 is 2.31 bits per heavy atom. The summed E-state index contributed by atoms with van der Waals surface area (Å²) in [6.45, 7) is 1.89. The Morgan fingerprint density at radius 3 is 2.92 bits per heavy atom. The summed E-state index contributed by atoms with van der Waals surface area (Å²) in [5, 5.41) is 0.896. The number of nitrogens with zero attached hydrogens (tertiary/aromatic N) is 4. The molecule has 2 rings (SSSR count). The molecule has 0 aliphatic carbocycles. The van der Waals surface area contributed by atoms with Crippen LogP contribution < -0.4 is 5.73 Å². The molecule has 0 radical (unpaired) electrons. The van der Waals surface area contributed by atoms with Crippen molar-refractivity contribution in [2.75, 3.05) is 5.73 Å². The van der Waals surface area contributed by atoms with Gasteiger partial charge in [0.2, 0.25) is 0 Å². The quantitative estimate of drug-likeness (QED) is 0.727. The molecule has 0 saturated heterocycles. The monoisotopic (exact) mass is 193 g/mol. The molecular weight excluding hydrogens is 186 g/mol. The molecule has 0 atom stereocenters. The highest BCUT2D eigenvalue weighted by Crippen LogP contribution is 2.19. The molecule has 66 valence electrons. The Labute approximate surface area is 78.9 Å². The lowest BCUT2D eigenvalue weighted by atomic mass is 10.3. The maximum atomic E-state index is 5.66. The van der Waals surface area contributed by atoms with Crippen LogP contribution in [0.15, 0.2) is 12.5 Å². The van der Waals surface area contributed by atoms with E-state index >= 15 is 0 Å². The van der Waals surface area contributed by atoms with Crippen LogP contribution in [-0.4, -0.2) is 19.3 Å². The van der Waals surface area contributed by atoms with Gasteiger partial charge in [-0.2, -0.15) is 4.37 Å². The minimum atomic E-state index is 0.500. The van der Waals surface area contributed by atoms with E-state index in [1.54, 1.807) is 6.20 Å². The Balaban J connectivity index is 2.52. The summed E-state index contributed by atoms with van der Waals surface area (Å²) in [5.74, 6) is 0.572. The zero-order valence-electron chi connectivity index (χ0n) is 6.93. The zero-order chi connectivity index (χ0) is 9.26. The maximum Gasteiger partial charge on any atom is 0.193 e. The predicted octanol–water partition coefficient (Wildman–Crippen LogP) is 0.886. The fourth-order valence-corrected chi connectivity index (χ4v) is 1.40. The van der Waals surface area contributed by atoms with Crippen LogP contribution in [0.1, 0.15) is 5.01 Å². The van der Waals surface area contributed by atoms with Crippen molar-refractivity contribution in [2.24, 2.45) is 0 Å². The summed E-state index contributed by atoms with van der Waals surface area (Å²) in [4.78, 5) is 12.0. The lowest BCUT2D eigenvalue weighted by Gasteiger charge is -1.96. The molecule has 0 bridgehead atoms. The van der Waals surface area contributed by atoms with Crippen LogP contribution in [0, 0.1) is 6.92 Å². The first-order chi connectivity index (χ1) is 6.27. The van der Waals surface area contributed by atoms with Crippen molar-refractivity contribution in [3.8, 4) is 11.5 Å². The first-order valence-corrected chi connectivity index (χ1v) is 4.41. The van der Waals surface area contributed by atoms with Gasteiger partial charge in [-0.25, -0.2) is 15.0 Å². The van der Waals surface area contributed by atoms with Gasteiger partial charge < -0.3 is 5.73 Å². The van der Waals surface area contributed by atoms with Crippen molar-refractivity contribution in [1.29, 1.82) is 0 Å². The van der Waals surface area contributed by atoms with Crippen LogP contribution in [0.5, 0.6) is 0 Å². The number of hydrogen-bond acceptors (Lipinski definition) is 6. The summed E-state index contributed by atoms with van der Waals surface area (Å²) < 4.78 is 4.11. The van der Waals surface area contributed by atoms with E-state index in [1.807, 2.05) is 6.92 Å². The Bertz CT molecular complexity index is 424. The summed E-state index contributed by atoms with van der Waals surface area (Å²) in [7, 11) is 0. The van der Waals surface area contributed by atoms with E-state index in [1.165, 1.54) is 17.9 Å². The predicted molar refractivity (Wildman–Crippen MR) is 50.1 cm³/mol. The SMILES string of the molecule is Cc1nc(-c2ncncc2N)ns1. The van der Waals surface area contributed by atoms with Gasteiger partial charge in [0.1, 0.15) is 17.0 Å². The van der Waals surface area contributed by atoms with Gasteiger partial charge in [-0.3, -0.25) is 0 Å². The van der Waals surface area contributed by atoms with Crippen molar-refractivity contribution in [3.63, 3.8) is 0 Å². The molecular formula is C7H7N5S. The van der Waals surface area contributed by atoms with Crippen LogP contribution in [0.25, 0.3) is 11.5 Å². The fourth-order valence-electron chi connectivity index (χ4n) is 0.923. The average Bonchev–Trinajstić information content (AvgIpc) is 2.53. The minimum Gasteiger partial charge on any atom is -0.396 e. The molecule has 2 aromatic heterocycles. The van der Waals surface area contributed by atoms with Gasteiger partial charge in [0.15, 0.2) is 5.82 Å². The van der Waals surface area contributed by atoms with Gasteiger partial charge in [-0.05, 0) is 18.5 Å². The standard InChI is InChI=1S/C7H7N5S/c1-4-11-7(12-13-4)6-5(8)2-9-3-10-6/h2-3H,8H2,1H3. The van der Waals surface area contributed by atoms with Crippen LogP contribution in [0.3, 0.4) is 0 Å². The largest absolute Gasteiger partial charge is 0.396 e. The Morgan fingerprint density at radius 1 is 1.46 bits per heavy atom. The fraction of sp³-hybridized carbons (Fsp3) is 0.143. The lowest BCUT2D eigenvalue weighted by Crippen LogP contribution is -1.95. The zero-order valence-corrected chi connectivity index (χ0v) is 7.75. The molecule has 2 heterocycles. The molecule has 0 spiro atoms. The second-order valence-corrected chi connectivity index (χ2v) is 3.42. The molecule has 0 fully saturated rings. The number of rotatable bonds is 1. The number of nitrogens with two attached hydrogens (primary N) is 1. The number of hydrogen-bond donors (Lipinski definition) is 1. The summed E-state index contributed by atoms with van der Waals surface area (Å²) >= 11 is 1.33. The average molecular weight is 193 g/mol. The van der Waals surface area contributed by atoms with Crippen molar-refractivity contribution >= 4 is 17.2 Å². The molecule has 0 aliphatic rings. The molecule has 0 unspecified atom stereocenters. The molecule has 0 amide bonds. The van der Waals surface area contributed by atoms with Crippen molar-refractivity contribution in [3.05, 3.63) is 17.5 Å². The third-order valence-electron chi connectivity index (χ3n) is 1.48. The second-order valence-electron chi connectivity index (χ2n) is 2.46. The van der Waals surface area contributed by atoms with Gasteiger partial charge >= 0.3 is 0 Å². The smallest absolute Gasteiger partial charge is 0.193 e. The topological polar surface area (TPSA) is 77.6 Å². The minimum absolute atomic E-state index is 0.500. The highest BCUT2D eigenvalue weighted by atomic mass is 32.1. The normalized spacial score (nSPS) is 10.2. The van der Waals surface area contributed by atoms with E-state index < -0.39 is 0 Å². The molecule has 5 nitrogen and oxygen atoms in total. The summed E-state index contributed by atoms with van der Waals surface area (Å²) in [6, 6.07) is 0. The van der Waals surface area contributed by atoms with E-state index in [0.29, 0.717) is 17.2 Å². The van der Waals surface area contributed by atoms with Gasteiger partial charge in [-0.15, -0.1) is 0 Å². The van der Waals surface area contributed by atoms with E-state index in [2.05, 4.69) is 19.3 Å². The van der Waals surface area contributed by atoms with E-state index in [4.69, 9.17) is 5.73 Å². The third-order valence-corrected chi connectivity index (χ3v) is 2.10. The molecule has 2 N–H and O–H groups in total. The van der Waals surface area contributed by atoms with Crippen molar-refractivity contribution in [2.45, 2.75) is 6.92 Å². The van der Waals surface area contributed by atoms with Crippen molar-refractivity contribution < 1.29 is 0 Å². The Kier molecular flexibility index (Phi) is 1.90. The van der Waals surface area contributed by atoms with Gasteiger partial charge in [0.25, 0.3) is 0 Å².